The van der Waals surface area contributed by atoms with Gasteiger partial charge in [-0.3, -0.25) is 0 Å². The van der Waals surface area contributed by atoms with Gasteiger partial charge in [-0.15, -0.1) is 0 Å². The van der Waals surface area contributed by atoms with Gasteiger partial charge in [0.25, 0.3) is 6.43 Å². The van der Waals surface area contributed by atoms with Crippen LogP contribution in [-0.4, -0.2) is 44.0 Å². The molecule has 0 aliphatic carbocycles. The second-order valence-corrected chi connectivity index (χ2v) is 4.61. The van der Waals surface area contributed by atoms with Crippen molar-refractivity contribution in [1.29, 1.82) is 0 Å². The van der Waals surface area contributed by atoms with Crippen molar-refractivity contribution < 1.29 is 8.78 Å². The van der Waals surface area contributed by atoms with E-state index in [-0.39, 0.29) is 0 Å². The summed E-state index contributed by atoms with van der Waals surface area (Å²) in [6.07, 6.45) is 1.20. The van der Waals surface area contributed by atoms with Gasteiger partial charge in [-0.05, 0) is 58.8 Å². The van der Waals surface area contributed by atoms with Gasteiger partial charge >= 0.3 is 0 Å². The van der Waals surface area contributed by atoms with Gasteiger partial charge in [0.05, 0.1) is 6.04 Å². The molecule has 1 atom stereocenters. The first kappa shape index (κ1) is 12.8. The Kier molecular flexibility index (Phi) is 5.47. The standard InChI is InChI=1S/C11H22F2N2/c1-9(11(12)13)14-6-3-10-4-7-15(2)8-5-10/h9-11,14H,3-8H2,1-2H3. The quantitative estimate of drug-likeness (QED) is 0.762. The molecule has 0 bridgehead atoms. The molecule has 0 radical (unpaired) electrons. The molecule has 1 saturated heterocycles. The highest BCUT2D eigenvalue weighted by molar-refractivity contribution is 4.72. The number of likely N-dealkylation sites (tertiary alicyclic amines) is 1. The van der Waals surface area contributed by atoms with Gasteiger partial charge in [0.1, 0.15) is 0 Å². The minimum Gasteiger partial charge on any atom is -0.309 e. The van der Waals surface area contributed by atoms with E-state index in [1.165, 1.54) is 12.8 Å². The van der Waals surface area contributed by atoms with E-state index in [9.17, 15) is 8.78 Å². The van der Waals surface area contributed by atoms with Crippen LogP contribution >= 0.6 is 0 Å². The normalized spacial score (nSPS) is 22.2. The molecule has 1 heterocycles. The number of hydrogen-bond acceptors (Lipinski definition) is 2. The molecule has 1 unspecified atom stereocenters. The molecule has 4 heteroatoms. The minimum atomic E-state index is -2.25. The third-order valence-corrected chi connectivity index (χ3v) is 3.24. The van der Waals surface area contributed by atoms with Crippen molar-refractivity contribution in [2.45, 2.75) is 38.7 Å². The molecular weight excluding hydrogens is 198 g/mol. The Morgan fingerprint density at radius 2 is 1.93 bits per heavy atom. The fourth-order valence-corrected chi connectivity index (χ4v) is 1.95. The predicted molar refractivity (Wildman–Crippen MR) is 58.3 cm³/mol. The molecule has 1 aliphatic heterocycles. The minimum absolute atomic E-state index is 0.670. The number of piperidine rings is 1. The number of nitrogens with zero attached hydrogens (tertiary/aromatic N) is 1. The monoisotopic (exact) mass is 220 g/mol. The van der Waals surface area contributed by atoms with Crippen molar-refractivity contribution in [1.82, 2.24) is 10.2 Å². The van der Waals surface area contributed by atoms with E-state index in [0.717, 1.165) is 32.0 Å². The van der Waals surface area contributed by atoms with Gasteiger partial charge in [-0.25, -0.2) is 8.78 Å². The number of alkyl halides is 2. The van der Waals surface area contributed by atoms with Crippen LogP contribution in [0.3, 0.4) is 0 Å². The van der Waals surface area contributed by atoms with E-state index < -0.39 is 12.5 Å². The van der Waals surface area contributed by atoms with E-state index >= 15 is 0 Å². The van der Waals surface area contributed by atoms with Crippen molar-refractivity contribution in [2.75, 3.05) is 26.7 Å². The molecule has 1 rings (SSSR count). The second-order valence-electron chi connectivity index (χ2n) is 4.61. The average molecular weight is 220 g/mol. The van der Waals surface area contributed by atoms with Crippen molar-refractivity contribution in [3.8, 4) is 0 Å². The van der Waals surface area contributed by atoms with Crippen molar-refractivity contribution in [3.05, 3.63) is 0 Å². The average Bonchev–Trinajstić information content (AvgIpc) is 2.20. The van der Waals surface area contributed by atoms with E-state index in [1.54, 1.807) is 6.92 Å². The summed E-state index contributed by atoms with van der Waals surface area (Å²) in [6.45, 7) is 4.56. The maximum absolute atomic E-state index is 12.2. The summed E-state index contributed by atoms with van der Waals surface area (Å²) >= 11 is 0. The second kappa shape index (κ2) is 6.38. The zero-order chi connectivity index (χ0) is 11.3. The van der Waals surface area contributed by atoms with Crippen LogP contribution in [0.5, 0.6) is 0 Å². The summed E-state index contributed by atoms with van der Waals surface area (Å²) in [5.74, 6) is 0.721. The van der Waals surface area contributed by atoms with Crippen LogP contribution in [0.2, 0.25) is 0 Å². The smallest absolute Gasteiger partial charge is 0.253 e. The Hall–Kier alpha value is -0.220. The summed E-state index contributed by atoms with van der Waals surface area (Å²) in [5.41, 5.74) is 0. The molecule has 15 heavy (non-hydrogen) atoms. The lowest BCUT2D eigenvalue weighted by molar-refractivity contribution is 0.104. The topological polar surface area (TPSA) is 15.3 Å². The molecule has 1 N–H and O–H groups in total. The first-order valence-corrected chi connectivity index (χ1v) is 5.79. The highest BCUT2D eigenvalue weighted by Gasteiger charge is 2.17. The van der Waals surface area contributed by atoms with E-state index in [1.807, 2.05) is 0 Å². The highest BCUT2D eigenvalue weighted by Crippen LogP contribution is 2.18. The Bertz CT molecular complexity index is 168. The molecule has 0 aromatic heterocycles. The maximum atomic E-state index is 12.2. The van der Waals surface area contributed by atoms with Crippen molar-refractivity contribution in [2.24, 2.45) is 5.92 Å². The van der Waals surface area contributed by atoms with Crippen molar-refractivity contribution in [3.63, 3.8) is 0 Å². The number of rotatable bonds is 5. The third-order valence-electron chi connectivity index (χ3n) is 3.24. The van der Waals surface area contributed by atoms with Crippen LogP contribution in [0.15, 0.2) is 0 Å². The molecule has 0 amide bonds. The fourth-order valence-electron chi connectivity index (χ4n) is 1.95. The Labute approximate surface area is 91.0 Å². The first-order chi connectivity index (χ1) is 7.09. The lowest BCUT2D eigenvalue weighted by Crippen LogP contribution is -2.36. The Morgan fingerprint density at radius 1 is 1.33 bits per heavy atom. The lowest BCUT2D eigenvalue weighted by Gasteiger charge is -2.29. The van der Waals surface area contributed by atoms with Crippen molar-refractivity contribution >= 4 is 0 Å². The van der Waals surface area contributed by atoms with Gasteiger partial charge in [-0.2, -0.15) is 0 Å². The van der Waals surface area contributed by atoms with Gasteiger partial charge in [-0.1, -0.05) is 0 Å². The van der Waals surface area contributed by atoms with Crippen LogP contribution < -0.4 is 5.32 Å². The summed E-state index contributed by atoms with van der Waals surface area (Å²) in [6, 6.07) is -0.670. The molecule has 0 aromatic rings. The molecule has 0 spiro atoms. The van der Waals surface area contributed by atoms with Gasteiger partial charge in [0.15, 0.2) is 0 Å². The molecular formula is C11H22F2N2. The fraction of sp³-hybridized carbons (Fsp3) is 1.00. The molecule has 1 aliphatic rings. The summed E-state index contributed by atoms with van der Waals surface area (Å²) in [7, 11) is 2.13. The predicted octanol–water partition coefficient (Wildman–Crippen LogP) is 1.96. The molecule has 90 valence electrons. The van der Waals surface area contributed by atoms with Gasteiger partial charge < -0.3 is 10.2 Å². The number of hydrogen-bond donors (Lipinski definition) is 1. The molecule has 0 saturated carbocycles. The van der Waals surface area contributed by atoms with Gasteiger partial charge in [0, 0.05) is 0 Å². The van der Waals surface area contributed by atoms with Crippen LogP contribution in [0.25, 0.3) is 0 Å². The first-order valence-electron chi connectivity index (χ1n) is 5.79. The summed E-state index contributed by atoms with van der Waals surface area (Å²) in [4.78, 5) is 2.33. The summed E-state index contributed by atoms with van der Waals surface area (Å²) in [5, 5.41) is 2.88. The zero-order valence-electron chi connectivity index (χ0n) is 9.68. The molecule has 0 aromatic carbocycles. The number of nitrogens with one attached hydrogen (secondary N) is 1. The van der Waals surface area contributed by atoms with Crippen LogP contribution in [0.4, 0.5) is 8.78 Å². The Balaban J connectivity index is 2.05. The maximum Gasteiger partial charge on any atom is 0.253 e. The van der Waals surface area contributed by atoms with Crippen LogP contribution in [0, 0.1) is 5.92 Å². The highest BCUT2D eigenvalue weighted by atomic mass is 19.3. The molecule has 2 nitrogen and oxygen atoms in total. The van der Waals surface area contributed by atoms with Crippen LogP contribution in [0.1, 0.15) is 26.2 Å². The summed E-state index contributed by atoms with van der Waals surface area (Å²) < 4.78 is 24.4. The van der Waals surface area contributed by atoms with Gasteiger partial charge in [0.2, 0.25) is 0 Å². The van der Waals surface area contributed by atoms with Crippen LogP contribution in [-0.2, 0) is 0 Å². The van der Waals surface area contributed by atoms with E-state index in [2.05, 4.69) is 17.3 Å². The number of halogens is 2. The van der Waals surface area contributed by atoms with E-state index in [0.29, 0.717) is 0 Å². The Morgan fingerprint density at radius 3 is 2.47 bits per heavy atom. The SMILES string of the molecule is CC(NCCC1CCN(C)CC1)C(F)F. The van der Waals surface area contributed by atoms with E-state index in [4.69, 9.17) is 0 Å². The zero-order valence-corrected chi connectivity index (χ0v) is 9.68. The largest absolute Gasteiger partial charge is 0.309 e. The molecule has 1 fully saturated rings. The third kappa shape index (κ3) is 4.89. The lowest BCUT2D eigenvalue weighted by atomic mass is 9.94.